The Morgan fingerprint density at radius 2 is 1.95 bits per heavy atom. The molecule has 1 heterocycles. The van der Waals surface area contributed by atoms with E-state index in [0.29, 0.717) is 5.56 Å². The summed E-state index contributed by atoms with van der Waals surface area (Å²) in [6.07, 6.45) is 5.84. The number of Topliss-reactive ketones (excluding diaryl/α,β-unsaturated/α-hetero) is 1. The second-order valence-electron chi connectivity index (χ2n) is 5.04. The van der Waals surface area contributed by atoms with E-state index < -0.39 is 0 Å². The highest BCUT2D eigenvalue weighted by Gasteiger charge is 2.44. The molecule has 0 aliphatic carbocycles. The van der Waals surface area contributed by atoms with Gasteiger partial charge in [-0.15, -0.1) is 0 Å². The molecule has 104 valence electrons. The number of epoxide rings is 1. The zero-order valence-corrected chi connectivity index (χ0v) is 11.7. The summed E-state index contributed by atoms with van der Waals surface area (Å²) in [6.45, 7) is 2.20. The van der Waals surface area contributed by atoms with E-state index in [-0.39, 0.29) is 18.0 Å². The molecule has 19 heavy (non-hydrogen) atoms. The quantitative estimate of drug-likeness (QED) is 0.408. The summed E-state index contributed by atoms with van der Waals surface area (Å²) in [4.78, 5) is 12.1. The maximum atomic E-state index is 12.1. The maximum absolute atomic E-state index is 12.1. The summed E-state index contributed by atoms with van der Waals surface area (Å²) in [7, 11) is 1.62. The Labute approximate surface area is 114 Å². The second kappa shape index (κ2) is 6.71. The molecule has 1 fully saturated rings. The van der Waals surface area contributed by atoms with Crippen LogP contribution in [0.5, 0.6) is 5.75 Å². The number of methoxy groups -OCH3 is 1. The molecule has 0 saturated carbocycles. The van der Waals surface area contributed by atoms with Crippen molar-refractivity contribution >= 4 is 5.78 Å². The lowest BCUT2D eigenvalue weighted by atomic mass is 10.0. The summed E-state index contributed by atoms with van der Waals surface area (Å²) in [6, 6.07) is 7.23. The van der Waals surface area contributed by atoms with Crippen LogP contribution in [0.15, 0.2) is 24.3 Å². The highest BCUT2D eigenvalue weighted by atomic mass is 16.6. The standard InChI is InChI=1S/C16H22O3/c1-3-4-5-6-7-14-16(19-14)15(17)12-8-10-13(18-2)11-9-12/h8-11,14,16H,3-7H2,1-2H3/t14-,16-/m1/s1. The first kappa shape index (κ1) is 14.1. The molecular formula is C16H22O3. The lowest BCUT2D eigenvalue weighted by Gasteiger charge is -2.01. The predicted octanol–water partition coefficient (Wildman–Crippen LogP) is 3.62. The van der Waals surface area contributed by atoms with Crippen LogP contribution in [0.2, 0.25) is 0 Å². The van der Waals surface area contributed by atoms with Gasteiger partial charge in [0.05, 0.1) is 13.2 Å². The van der Waals surface area contributed by atoms with Gasteiger partial charge in [0, 0.05) is 5.56 Å². The maximum Gasteiger partial charge on any atom is 0.194 e. The van der Waals surface area contributed by atoms with Crippen molar-refractivity contribution < 1.29 is 14.3 Å². The zero-order valence-electron chi connectivity index (χ0n) is 11.7. The molecule has 2 rings (SSSR count). The minimum Gasteiger partial charge on any atom is -0.497 e. The Balaban J connectivity index is 1.78. The van der Waals surface area contributed by atoms with Crippen LogP contribution < -0.4 is 4.74 Å². The van der Waals surface area contributed by atoms with Gasteiger partial charge >= 0.3 is 0 Å². The molecule has 0 spiro atoms. The van der Waals surface area contributed by atoms with E-state index in [4.69, 9.17) is 9.47 Å². The molecular weight excluding hydrogens is 240 g/mol. The molecule has 0 unspecified atom stereocenters. The normalized spacial score (nSPS) is 21.2. The van der Waals surface area contributed by atoms with Crippen molar-refractivity contribution in [3.8, 4) is 5.75 Å². The lowest BCUT2D eigenvalue weighted by Crippen LogP contribution is -2.10. The SMILES string of the molecule is CCCCCC[C@H]1O[C@H]1C(=O)c1ccc(OC)cc1. The molecule has 0 bridgehead atoms. The van der Waals surface area contributed by atoms with Gasteiger partial charge in [0.1, 0.15) is 11.9 Å². The Kier molecular flexibility index (Phi) is 4.97. The van der Waals surface area contributed by atoms with Crippen LogP contribution in [0.1, 0.15) is 49.4 Å². The number of rotatable bonds is 8. The number of carbonyl (C=O) groups excluding carboxylic acids is 1. The fraction of sp³-hybridized carbons (Fsp3) is 0.562. The average Bonchev–Trinajstić information content (AvgIpc) is 3.22. The first-order valence-electron chi connectivity index (χ1n) is 7.10. The second-order valence-corrected chi connectivity index (χ2v) is 5.04. The molecule has 1 aromatic rings. The summed E-state index contributed by atoms with van der Waals surface area (Å²) >= 11 is 0. The van der Waals surface area contributed by atoms with E-state index in [2.05, 4.69) is 6.92 Å². The van der Waals surface area contributed by atoms with Crippen LogP contribution in [-0.2, 0) is 4.74 Å². The fourth-order valence-electron chi connectivity index (χ4n) is 2.28. The van der Waals surface area contributed by atoms with Gasteiger partial charge in [-0.1, -0.05) is 32.6 Å². The van der Waals surface area contributed by atoms with Gasteiger partial charge < -0.3 is 9.47 Å². The first-order valence-corrected chi connectivity index (χ1v) is 7.10. The molecule has 1 aliphatic heterocycles. The molecule has 3 nitrogen and oxygen atoms in total. The molecule has 1 saturated heterocycles. The van der Waals surface area contributed by atoms with Crippen LogP contribution in [0, 0.1) is 0 Å². The van der Waals surface area contributed by atoms with Gasteiger partial charge in [-0.25, -0.2) is 0 Å². The van der Waals surface area contributed by atoms with Crippen molar-refractivity contribution in [2.24, 2.45) is 0 Å². The molecule has 0 radical (unpaired) electrons. The summed E-state index contributed by atoms with van der Waals surface area (Å²) in [5, 5.41) is 0. The van der Waals surface area contributed by atoms with Crippen molar-refractivity contribution in [2.45, 2.75) is 51.2 Å². The van der Waals surface area contributed by atoms with Crippen molar-refractivity contribution in [2.75, 3.05) is 7.11 Å². The highest BCUT2D eigenvalue weighted by Crippen LogP contribution is 2.30. The van der Waals surface area contributed by atoms with Crippen LogP contribution in [-0.4, -0.2) is 25.1 Å². The molecule has 0 aromatic heterocycles. The fourth-order valence-corrected chi connectivity index (χ4v) is 2.28. The van der Waals surface area contributed by atoms with Crippen molar-refractivity contribution in [1.82, 2.24) is 0 Å². The minimum atomic E-state index is -0.213. The van der Waals surface area contributed by atoms with E-state index in [1.54, 1.807) is 19.2 Å². The third kappa shape index (κ3) is 3.80. The third-order valence-electron chi connectivity index (χ3n) is 3.56. The highest BCUT2D eigenvalue weighted by molar-refractivity contribution is 6.01. The van der Waals surface area contributed by atoms with E-state index in [9.17, 15) is 4.79 Å². The number of hydrogen-bond acceptors (Lipinski definition) is 3. The van der Waals surface area contributed by atoms with E-state index in [1.807, 2.05) is 12.1 Å². The van der Waals surface area contributed by atoms with Crippen molar-refractivity contribution in [3.05, 3.63) is 29.8 Å². The molecule has 0 amide bonds. The van der Waals surface area contributed by atoms with Gasteiger partial charge in [0.15, 0.2) is 5.78 Å². The van der Waals surface area contributed by atoms with Gasteiger partial charge in [0.2, 0.25) is 0 Å². The molecule has 1 aromatic carbocycles. The van der Waals surface area contributed by atoms with Crippen LogP contribution in [0.25, 0.3) is 0 Å². The third-order valence-corrected chi connectivity index (χ3v) is 3.56. The van der Waals surface area contributed by atoms with Crippen molar-refractivity contribution in [3.63, 3.8) is 0 Å². The van der Waals surface area contributed by atoms with Crippen LogP contribution in [0.3, 0.4) is 0 Å². The van der Waals surface area contributed by atoms with Gasteiger partial charge in [-0.05, 0) is 30.7 Å². The number of unbranched alkanes of at least 4 members (excludes halogenated alkanes) is 3. The summed E-state index contributed by atoms with van der Waals surface area (Å²) < 4.78 is 10.6. The number of benzene rings is 1. The van der Waals surface area contributed by atoms with Crippen LogP contribution >= 0.6 is 0 Å². The Bertz CT molecular complexity index is 411. The Morgan fingerprint density at radius 3 is 2.58 bits per heavy atom. The first-order chi connectivity index (χ1) is 9.26. The summed E-state index contributed by atoms with van der Waals surface area (Å²) in [5.41, 5.74) is 0.710. The number of ether oxygens (including phenoxy) is 2. The number of ketones is 1. The molecule has 0 N–H and O–H groups in total. The molecule has 1 aliphatic rings. The molecule has 2 atom stereocenters. The minimum absolute atomic E-state index is 0.100. The van der Waals surface area contributed by atoms with E-state index in [0.717, 1.165) is 18.6 Å². The largest absolute Gasteiger partial charge is 0.497 e. The van der Waals surface area contributed by atoms with Gasteiger partial charge in [0.25, 0.3) is 0 Å². The topological polar surface area (TPSA) is 38.8 Å². The lowest BCUT2D eigenvalue weighted by molar-refractivity contribution is 0.0953. The Hall–Kier alpha value is -1.35. The van der Waals surface area contributed by atoms with E-state index in [1.165, 1.54) is 19.3 Å². The summed E-state index contributed by atoms with van der Waals surface area (Å²) in [5.74, 6) is 0.868. The van der Waals surface area contributed by atoms with Gasteiger partial charge in [-0.3, -0.25) is 4.79 Å². The van der Waals surface area contributed by atoms with Crippen LogP contribution in [0.4, 0.5) is 0 Å². The van der Waals surface area contributed by atoms with E-state index >= 15 is 0 Å². The number of carbonyl (C=O) groups is 1. The zero-order chi connectivity index (χ0) is 13.7. The molecule has 3 heteroatoms. The number of hydrogen-bond donors (Lipinski definition) is 0. The average molecular weight is 262 g/mol. The monoisotopic (exact) mass is 262 g/mol. The van der Waals surface area contributed by atoms with Gasteiger partial charge in [-0.2, -0.15) is 0 Å². The van der Waals surface area contributed by atoms with Crippen molar-refractivity contribution in [1.29, 1.82) is 0 Å². The predicted molar refractivity (Wildman–Crippen MR) is 74.7 cm³/mol. The Morgan fingerprint density at radius 1 is 1.21 bits per heavy atom. The smallest absolute Gasteiger partial charge is 0.194 e.